The molecule has 1 aliphatic rings. The summed E-state index contributed by atoms with van der Waals surface area (Å²) < 4.78 is 0. The highest BCUT2D eigenvalue weighted by molar-refractivity contribution is 7.18. The maximum absolute atomic E-state index is 13.4. The summed E-state index contributed by atoms with van der Waals surface area (Å²) >= 11 is 1.23. The molecule has 0 saturated heterocycles. The Bertz CT molecular complexity index is 1010. The van der Waals surface area contributed by atoms with Gasteiger partial charge in [0, 0.05) is 11.3 Å². The molecule has 4 nitrogen and oxygen atoms in total. The van der Waals surface area contributed by atoms with Crippen molar-refractivity contribution in [1.82, 2.24) is 0 Å². The predicted octanol–water partition coefficient (Wildman–Crippen LogP) is 6.23. The highest BCUT2D eigenvalue weighted by Crippen LogP contribution is 2.38. The van der Waals surface area contributed by atoms with Crippen LogP contribution in [-0.4, -0.2) is 17.0 Å². The normalized spacial score (nSPS) is 14.0. The molecule has 1 aliphatic carbocycles. The van der Waals surface area contributed by atoms with Gasteiger partial charge in [0.05, 0.1) is 12.2 Å². The fourth-order valence-corrected chi connectivity index (χ4v) is 5.13. The summed E-state index contributed by atoms with van der Waals surface area (Å²) in [6.45, 7) is 0.373. The van der Waals surface area contributed by atoms with Crippen molar-refractivity contribution >= 4 is 28.9 Å². The van der Waals surface area contributed by atoms with Crippen molar-refractivity contribution in [3.63, 3.8) is 0 Å². The van der Waals surface area contributed by atoms with Crippen molar-refractivity contribution in [2.45, 2.75) is 38.6 Å². The summed E-state index contributed by atoms with van der Waals surface area (Å²) in [5, 5.41) is 9.88. The summed E-state index contributed by atoms with van der Waals surface area (Å²) in [4.78, 5) is 28.2. The summed E-state index contributed by atoms with van der Waals surface area (Å²) in [7, 11) is 0. The van der Waals surface area contributed by atoms with Crippen molar-refractivity contribution in [3.8, 4) is 10.4 Å². The number of anilines is 1. The van der Waals surface area contributed by atoms with Crippen LogP contribution in [-0.2, 0) is 11.3 Å². The van der Waals surface area contributed by atoms with Crippen molar-refractivity contribution in [3.05, 3.63) is 77.2 Å². The van der Waals surface area contributed by atoms with Gasteiger partial charge in [-0.3, -0.25) is 4.79 Å². The Morgan fingerprint density at radius 1 is 0.967 bits per heavy atom. The average molecular weight is 420 g/mol. The summed E-state index contributed by atoms with van der Waals surface area (Å²) in [5.74, 6) is -0.592. The van der Waals surface area contributed by atoms with Gasteiger partial charge in [0.15, 0.2) is 0 Å². The van der Waals surface area contributed by atoms with Gasteiger partial charge in [-0.15, -0.1) is 11.3 Å². The first-order chi connectivity index (χ1) is 14.6. The maximum Gasteiger partial charge on any atom is 0.348 e. The SMILES string of the molecule is O=C(O)c1sc(-c2ccccc2)cc1N(Cc1ccccc1)C(=O)CC1CCCC1. The topological polar surface area (TPSA) is 57.6 Å². The number of aromatic carboxylic acids is 1. The monoisotopic (exact) mass is 419 g/mol. The number of carboxylic acids is 1. The van der Waals surface area contributed by atoms with Gasteiger partial charge in [0.1, 0.15) is 4.88 Å². The van der Waals surface area contributed by atoms with Crippen molar-refractivity contribution in [2.24, 2.45) is 5.92 Å². The van der Waals surface area contributed by atoms with E-state index in [1.807, 2.05) is 66.7 Å². The molecule has 0 atom stereocenters. The predicted molar refractivity (Wildman–Crippen MR) is 121 cm³/mol. The molecule has 4 rings (SSSR count). The molecule has 1 fully saturated rings. The number of nitrogens with zero attached hydrogens (tertiary/aromatic N) is 1. The second-order valence-electron chi connectivity index (χ2n) is 7.82. The van der Waals surface area contributed by atoms with E-state index in [0.29, 0.717) is 24.6 Å². The standard InChI is InChI=1S/C25H25NO3S/c27-23(15-18-9-7-8-10-18)26(17-19-11-3-1-4-12-19)21-16-22(30-24(21)25(28)29)20-13-5-2-6-14-20/h1-6,11-14,16,18H,7-10,15,17H2,(H,28,29). The van der Waals surface area contributed by atoms with Gasteiger partial charge in [-0.05, 0) is 36.0 Å². The van der Waals surface area contributed by atoms with Crippen molar-refractivity contribution < 1.29 is 14.7 Å². The second kappa shape index (κ2) is 9.26. The minimum atomic E-state index is -0.996. The van der Waals surface area contributed by atoms with E-state index < -0.39 is 5.97 Å². The third kappa shape index (κ3) is 4.62. The lowest BCUT2D eigenvalue weighted by Gasteiger charge is -2.24. The highest BCUT2D eigenvalue weighted by atomic mass is 32.1. The molecule has 2 aromatic carbocycles. The van der Waals surface area contributed by atoms with E-state index in [4.69, 9.17) is 0 Å². The zero-order chi connectivity index (χ0) is 20.9. The number of benzene rings is 2. The lowest BCUT2D eigenvalue weighted by atomic mass is 10.0. The van der Waals surface area contributed by atoms with Crippen LogP contribution >= 0.6 is 11.3 Å². The Hall–Kier alpha value is -2.92. The zero-order valence-corrected chi connectivity index (χ0v) is 17.6. The van der Waals surface area contributed by atoms with Gasteiger partial charge in [0.2, 0.25) is 5.91 Å². The van der Waals surface area contributed by atoms with Crippen molar-refractivity contribution in [2.75, 3.05) is 4.90 Å². The smallest absolute Gasteiger partial charge is 0.348 e. The molecule has 1 N–H and O–H groups in total. The molecule has 1 heterocycles. The number of carbonyl (C=O) groups excluding carboxylic acids is 1. The van der Waals surface area contributed by atoms with Crippen LogP contribution in [0.2, 0.25) is 0 Å². The first kappa shape index (κ1) is 20.4. The average Bonchev–Trinajstić information content (AvgIpc) is 3.43. The van der Waals surface area contributed by atoms with Crippen LogP contribution in [0.3, 0.4) is 0 Å². The van der Waals surface area contributed by atoms with E-state index in [1.54, 1.807) is 4.90 Å². The Morgan fingerprint density at radius 2 is 1.60 bits per heavy atom. The number of carboxylic acid groups (broad SMARTS) is 1. The second-order valence-corrected chi connectivity index (χ2v) is 8.87. The lowest BCUT2D eigenvalue weighted by molar-refractivity contribution is -0.119. The molecule has 5 heteroatoms. The molecular weight excluding hydrogens is 394 g/mol. The van der Waals surface area contributed by atoms with Gasteiger partial charge in [0.25, 0.3) is 0 Å². The van der Waals surface area contributed by atoms with E-state index >= 15 is 0 Å². The van der Waals surface area contributed by atoms with E-state index in [-0.39, 0.29) is 10.8 Å². The Kier molecular flexibility index (Phi) is 6.29. The molecule has 0 spiro atoms. The van der Waals surface area contributed by atoms with Crippen molar-refractivity contribution in [1.29, 1.82) is 0 Å². The van der Waals surface area contributed by atoms with E-state index in [1.165, 1.54) is 24.2 Å². The molecule has 1 aromatic heterocycles. The number of rotatable bonds is 7. The first-order valence-electron chi connectivity index (χ1n) is 10.4. The lowest BCUT2D eigenvalue weighted by Crippen LogP contribution is -2.32. The minimum absolute atomic E-state index is 0.00525. The number of carbonyl (C=O) groups is 2. The minimum Gasteiger partial charge on any atom is -0.477 e. The fourth-order valence-electron chi connectivity index (χ4n) is 4.13. The number of hydrogen-bond donors (Lipinski definition) is 1. The summed E-state index contributed by atoms with van der Waals surface area (Å²) in [6.07, 6.45) is 4.98. The van der Waals surface area contributed by atoms with Crippen LogP contribution in [0.25, 0.3) is 10.4 Å². The van der Waals surface area contributed by atoms with E-state index in [0.717, 1.165) is 28.8 Å². The zero-order valence-electron chi connectivity index (χ0n) is 16.8. The molecule has 1 amide bonds. The first-order valence-corrected chi connectivity index (χ1v) is 11.2. The molecule has 30 heavy (non-hydrogen) atoms. The summed E-state index contributed by atoms with van der Waals surface area (Å²) in [6, 6.07) is 21.3. The molecule has 0 bridgehead atoms. The van der Waals surface area contributed by atoms with Gasteiger partial charge < -0.3 is 10.0 Å². The van der Waals surface area contributed by atoms with Crippen LogP contribution in [0, 0.1) is 5.92 Å². The van der Waals surface area contributed by atoms with Gasteiger partial charge in [-0.1, -0.05) is 73.5 Å². The molecule has 3 aromatic rings. The largest absolute Gasteiger partial charge is 0.477 e. The van der Waals surface area contributed by atoms with Crippen LogP contribution in [0.15, 0.2) is 66.7 Å². The van der Waals surface area contributed by atoms with Crippen LogP contribution < -0.4 is 4.90 Å². The Balaban J connectivity index is 1.72. The van der Waals surface area contributed by atoms with Crippen LogP contribution in [0.5, 0.6) is 0 Å². The highest BCUT2D eigenvalue weighted by Gasteiger charge is 2.28. The maximum atomic E-state index is 13.4. The molecule has 0 unspecified atom stereocenters. The molecule has 0 radical (unpaired) electrons. The fraction of sp³-hybridized carbons (Fsp3) is 0.280. The number of thiophene rings is 1. The molecule has 1 saturated carbocycles. The van der Waals surface area contributed by atoms with Crippen LogP contribution in [0.1, 0.15) is 47.3 Å². The Morgan fingerprint density at radius 3 is 2.23 bits per heavy atom. The number of amides is 1. The quantitative estimate of drug-likeness (QED) is 0.494. The molecule has 154 valence electrons. The molecular formula is C25H25NO3S. The van der Waals surface area contributed by atoms with Crippen LogP contribution in [0.4, 0.5) is 5.69 Å². The van der Waals surface area contributed by atoms with E-state index in [2.05, 4.69) is 0 Å². The van der Waals surface area contributed by atoms with Gasteiger partial charge in [-0.2, -0.15) is 0 Å². The van der Waals surface area contributed by atoms with E-state index in [9.17, 15) is 14.7 Å². The van der Waals surface area contributed by atoms with Gasteiger partial charge in [-0.25, -0.2) is 4.79 Å². The third-order valence-corrected chi connectivity index (χ3v) is 6.84. The molecule has 0 aliphatic heterocycles. The Labute approximate surface area is 180 Å². The van der Waals surface area contributed by atoms with Gasteiger partial charge >= 0.3 is 5.97 Å². The third-order valence-electron chi connectivity index (χ3n) is 5.68. The summed E-state index contributed by atoms with van der Waals surface area (Å²) in [5.41, 5.74) is 2.44. The number of hydrogen-bond acceptors (Lipinski definition) is 3.